The Morgan fingerprint density at radius 3 is 2.96 bits per heavy atom. The highest BCUT2D eigenvalue weighted by atomic mass is 32.1. The van der Waals surface area contributed by atoms with Crippen LogP contribution in [0.2, 0.25) is 0 Å². The van der Waals surface area contributed by atoms with E-state index in [1.807, 2.05) is 13.8 Å². The lowest BCUT2D eigenvalue weighted by atomic mass is 10.2. The van der Waals surface area contributed by atoms with E-state index in [1.54, 1.807) is 18.2 Å². The first-order chi connectivity index (χ1) is 12.5. The highest BCUT2D eigenvalue weighted by molar-refractivity contribution is 7.18. The van der Waals surface area contributed by atoms with Crippen LogP contribution in [-0.4, -0.2) is 22.3 Å². The zero-order valence-corrected chi connectivity index (χ0v) is 15.1. The minimum atomic E-state index is -0.436. The lowest BCUT2D eigenvalue weighted by molar-refractivity contribution is -0.134. The Balaban J connectivity index is 1.46. The van der Waals surface area contributed by atoms with E-state index in [0.717, 1.165) is 15.3 Å². The molecule has 0 atom stereocenters. The van der Waals surface area contributed by atoms with Gasteiger partial charge in [-0.1, -0.05) is 0 Å². The lowest BCUT2D eigenvalue weighted by Gasteiger charge is -2.07. The Morgan fingerprint density at radius 2 is 2.12 bits per heavy atom. The Hall–Kier alpha value is -2.87. The van der Waals surface area contributed by atoms with Gasteiger partial charge >= 0.3 is 5.97 Å². The topological polar surface area (TPSA) is 79.7 Å². The quantitative estimate of drug-likeness (QED) is 0.518. The second-order valence-corrected chi connectivity index (χ2v) is 7.15. The van der Waals surface area contributed by atoms with Gasteiger partial charge in [0.15, 0.2) is 11.5 Å². The molecule has 1 aliphatic heterocycles. The summed E-state index contributed by atoms with van der Waals surface area (Å²) in [5.74, 6) is 1.11. The normalized spacial score (nSPS) is 12.5. The molecular formula is C18H16N2O5S. The molecule has 0 amide bonds. The molecule has 0 radical (unpaired) electrons. The molecule has 0 saturated heterocycles. The van der Waals surface area contributed by atoms with Crippen molar-refractivity contribution in [2.75, 3.05) is 6.79 Å². The molecule has 1 aliphatic rings. The number of esters is 1. The van der Waals surface area contributed by atoms with Crippen LogP contribution in [-0.2, 0) is 11.3 Å². The predicted molar refractivity (Wildman–Crippen MR) is 96.2 cm³/mol. The first kappa shape index (κ1) is 16.6. The molecule has 1 aromatic carbocycles. The zero-order chi connectivity index (χ0) is 18.3. The maximum atomic E-state index is 12.6. The maximum absolute atomic E-state index is 12.6. The SMILES string of the molecule is Cc1sc2ncn(CCC(=O)Oc3ccc4c(c3)OCO4)c(=O)c2c1C. The first-order valence-electron chi connectivity index (χ1n) is 8.08. The van der Waals surface area contributed by atoms with Gasteiger partial charge in [-0.25, -0.2) is 4.98 Å². The number of ether oxygens (including phenoxy) is 3. The van der Waals surface area contributed by atoms with E-state index in [4.69, 9.17) is 14.2 Å². The summed E-state index contributed by atoms with van der Waals surface area (Å²) in [6, 6.07) is 4.94. The molecule has 134 valence electrons. The Morgan fingerprint density at radius 1 is 1.31 bits per heavy atom. The van der Waals surface area contributed by atoms with Crippen molar-refractivity contribution in [3.8, 4) is 17.2 Å². The average Bonchev–Trinajstić information content (AvgIpc) is 3.19. The molecule has 8 heteroatoms. The van der Waals surface area contributed by atoms with E-state index in [9.17, 15) is 9.59 Å². The summed E-state index contributed by atoms with van der Waals surface area (Å²) in [6.45, 7) is 4.25. The van der Waals surface area contributed by atoms with E-state index in [0.29, 0.717) is 22.6 Å². The van der Waals surface area contributed by atoms with E-state index in [-0.39, 0.29) is 25.3 Å². The number of aryl methyl sites for hydroxylation is 3. The third-order valence-electron chi connectivity index (χ3n) is 4.29. The Bertz CT molecular complexity index is 1070. The van der Waals surface area contributed by atoms with E-state index in [1.165, 1.54) is 22.2 Å². The molecule has 0 N–H and O–H groups in total. The van der Waals surface area contributed by atoms with Gasteiger partial charge in [-0.2, -0.15) is 0 Å². The summed E-state index contributed by atoms with van der Waals surface area (Å²) < 4.78 is 17.2. The highest BCUT2D eigenvalue weighted by Crippen LogP contribution is 2.35. The molecule has 0 fully saturated rings. The fourth-order valence-electron chi connectivity index (χ4n) is 2.76. The van der Waals surface area contributed by atoms with Crippen molar-refractivity contribution < 1.29 is 19.0 Å². The molecule has 0 spiro atoms. The van der Waals surface area contributed by atoms with Gasteiger partial charge in [0.2, 0.25) is 6.79 Å². The van der Waals surface area contributed by atoms with Gasteiger partial charge in [0.05, 0.1) is 18.1 Å². The van der Waals surface area contributed by atoms with Crippen molar-refractivity contribution in [2.45, 2.75) is 26.8 Å². The molecular weight excluding hydrogens is 356 g/mol. The van der Waals surface area contributed by atoms with Crippen LogP contribution in [0, 0.1) is 13.8 Å². The van der Waals surface area contributed by atoms with Crippen molar-refractivity contribution in [1.82, 2.24) is 9.55 Å². The third kappa shape index (κ3) is 2.92. The molecule has 26 heavy (non-hydrogen) atoms. The van der Waals surface area contributed by atoms with Crippen LogP contribution < -0.4 is 19.8 Å². The number of rotatable bonds is 4. The number of hydrogen-bond acceptors (Lipinski definition) is 7. The van der Waals surface area contributed by atoms with Gasteiger partial charge in [-0.3, -0.25) is 14.2 Å². The summed E-state index contributed by atoms with van der Waals surface area (Å²) >= 11 is 1.50. The Labute approximate surface area is 152 Å². The highest BCUT2D eigenvalue weighted by Gasteiger charge is 2.16. The molecule has 3 heterocycles. The zero-order valence-electron chi connectivity index (χ0n) is 14.3. The fraction of sp³-hybridized carbons (Fsp3) is 0.278. The van der Waals surface area contributed by atoms with Crippen LogP contribution in [0.5, 0.6) is 17.2 Å². The second-order valence-electron chi connectivity index (χ2n) is 5.95. The van der Waals surface area contributed by atoms with Crippen LogP contribution >= 0.6 is 11.3 Å². The molecule has 0 bridgehead atoms. The second kappa shape index (κ2) is 6.45. The van der Waals surface area contributed by atoms with Gasteiger partial charge in [0.1, 0.15) is 10.6 Å². The maximum Gasteiger partial charge on any atom is 0.312 e. The summed E-state index contributed by atoms with van der Waals surface area (Å²) in [4.78, 5) is 30.8. The van der Waals surface area contributed by atoms with Gasteiger partial charge in [-0.05, 0) is 31.5 Å². The number of nitrogens with zero attached hydrogens (tertiary/aromatic N) is 2. The minimum Gasteiger partial charge on any atom is -0.454 e. The fourth-order valence-corrected chi connectivity index (χ4v) is 3.75. The number of fused-ring (bicyclic) bond motifs is 2. The summed E-state index contributed by atoms with van der Waals surface area (Å²) in [7, 11) is 0. The van der Waals surface area contributed by atoms with Gasteiger partial charge < -0.3 is 14.2 Å². The lowest BCUT2D eigenvalue weighted by Crippen LogP contribution is -2.23. The van der Waals surface area contributed by atoms with E-state index >= 15 is 0 Å². The van der Waals surface area contributed by atoms with Gasteiger partial charge in [0, 0.05) is 17.5 Å². The van der Waals surface area contributed by atoms with Crippen LogP contribution in [0.25, 0.3) is 10.2 Å². The first-order valence-corrected chi connectivity index (χ1v) is 8.90. The van der Waals surface area contributed by atoms with Crippen molar-refractivity contribution >= 4 is 27.5 Å². The molecule has 7 nitrogen and oxygen atoms in total. The number of carbonyl (C=O) groups excluding carboxylic acids is 1. The molecule has 0 unspecified atom stereocenters. The number of aromatic nitrogens is 2. The van der Waals surface area contributed by atoms with E-state index < -0.39 is 5.97 Å². The number of thiophene rings is 1. The summed E-state index contributed by atoms with van der Waals surface area (Å²) in [5.41, 5.74) is 0.813. The van der Waals surface area contributed by atoms with Crippen molar-refractivity contribution in [3.63, 3.8) is 0 Å². The molecule has 3 aromatic rings. The largest absolute Gasteiger partial charge is 0.454 e. The number of benzene rings is 1. The number of hydrogen-bond donors (Lipinski definition) is 0. The standard InChI is InChI=1S/C18H16N2O5S/c1-10-11(2)26-17-16(10)18(22)20(8-19-17)6-5-15(21)25-12-3-4-13-14(7-12)24-9-23-13/h3-4,7-8H,5-6,9H2,1-2H3. The van der Waals surface area contributed by atoms with Crippen molar-refractivity contribution in [3.05, 3.63) is 45.3 Å². The molecule has 4 rings (SSSR count). The monoisotopic (exact) mass is 372 g/mol. The third-order valence-corrected chi connectivity index (χ3v) is 5.40. The molecule has 0 aliphatic carbocycles. The van der Waals surface area contributed by atoms with Crippen LogP contribution in [0.4, 0.5) is 0 Å². The summed E-state index contributed by atoms with van der Waals surface area (Å²) in [5, 5.41) is 0.624. The number of carbonyl (C=O) groups is 1. The van der Waals surface area contributed by atoms with Crippen LogP contribution in [0.1, 0.15) is 16.9 Å². The van der Waals surface area contributed by atoms with Crippen molar-refractivity contribution in [2.24, 2.45) is 0 Å². The van der Waals surface area contributed by atoms with Gasteiger partial charge in [-0.15, -0.1) is 11.3 Å². The minimum absolute atomic E-state index is 0.0592. The average molecular weight is 372 g/mol. The van der Waals surface area contributed by atoms with E-state index in [2.05, 4.69) is 4.98 Å². The van der Waals surface area contributed by atoms with Crippen molar-refractivity contribution in [1.29, 1.82) is 0 Å². The smallest absolute Gasteiger partial charge is 0.312 e. The molecule has 2 aromatic heterocycles. The Kier molecular flexibility index (Phi) is 4.12. The van der Waals surface area contributed by atoms with Crippen LogP contribution in [0.3, 0.4) is 0 Å². The predicted octanol–water partition coefficient (Wildman–Crippen LogP) is 2.80. The molecule has 0 saturated carbocycles. The van der Waals surface area contributed by atoms with Gasteiger partial charge in [0.25, 0.3) is 5.56 Å². The van der Waals surface area contributed by atoms with Crippen LogP contribution in [0.15, 0.2) is 29.3 Å². The summed E-state index contributed by atoms with van der Waals surface area (Å²) in [6.07, 6.45) is 1.54.